The van der Waals surface area contributed by atoms with E-state index in [0.717, 1.165) is 27.3 Å². The summed E-state index contributed by atoms with van der Waals surface area (Å²) in [5, 5.41) is 0. The predicted molar refractivity (Wildman–Crippen MR) is 139 cm³/mol. The van der Waals surface area contributed by atoms with Crippen molar-refractivity contribution < 1.29 is 19.1 Å². The third-order valence-corrected chi connectivity index (χ3v) is 6.93. The fourth-order valence-corrected chi connectivity index (χ4v) is 5.30. The van der Waals surface area contributed by atoms with Crippen LogP contribution in [0, 0.1) is 0 Å². The first-order chi connectivity index (χ1) is 17.2. The first-order valence-electron chi connectivity index (χ1n) is 12.0. The number of imide groups is 1. The molecule has 0 aromatic heterocycles. The fraction of sp³-hybridized carbons (Fsp3) is 0.233. The molecule has 0 aliphatic carbocycles. The van der Waals surface area contributed by atoms with Crippen molar-refractivity contribution in [1.82, 2.24) is 4.90 Å². The average Bonchev–Trinajstić information content (AvgIpc) is 3.12. The molecule has 182 valence electrons. The maximum Gasteiger partial charge on any atom is 0.262 e. The molecule has 0 N–H and O–H groups in total. The van der Waals surface area contributed by atoms with Crippen molar-refractivity contribution in [3.63, 3.8) is 0 Å². The molecule has 6 nitrogen and oxygen atoms in total. The number of benzene rings is 3. The lowest BCUT2D eigenvalue weighted by atomic mass is 9.87. The number of allylic oxidation sites excluding steroid dienone is 1. The summed E-state index contributed by atoms with van der Waals surface area (Å²) >= 11 is 0. The second-order valence-electron chi connectivity index (χ2n) is 9.77. The van der Waals surface area contributed by atoms with Crippen molar-refractivity contribution in [3.8, 4) is 5.75 Å². The minimum Gasteiger partial charge on any atom is -0.497 e. The summed E-state index contributed by atoms with van der Waals surface area (Å²) in [5.41, 5.74) is 3.46. The average molecular weight is 481 g/mol. The summed E-state index contributed by atoms with van der Waals surface area (Å²) in [6.45, 7) is 5.93. The molecular formula is C30H28N2O4. The van der Waals surface area contributed by atoms with Gasteiger partial charge >= 0.3 is 0 Å². The van der Waals surface area contributed by atoms with E-state index in [1.54, 1.807) is 36.3 Å². The highest BCUT2D eigenvalue weighted by Crippen LogP contribution is 2.41. The SMILES string of the molecule is COc1ccc2c(c1)C(C)=CC(C)(C)N2C(=O)C(Cc1ccccc1)N1C(=O)c2ccccc2C1=O. The van der Waals surface area contributed by atoms with E-state index in [1.807, 2.05) is 75.4 Å². The van der Waals surface area contributed by atoms with Crippen LogP contribution in [-0.4, -0.2) is 41.3 Å². The maximum absolute atomic E-state index is 14.5. The molecule has 5 rings (SSSR count). The van der Waals surface area contributed by atoms with Gasteiger partial charge in [-0.05, 0) is 62.2 Å². The van der Waals surface area contributed by atoms with Gasteiger partial charge in [0.15, 0.2) is 0 Å². The zero-order valence-electron chi connectivity index (χ0n) is 20.8. The molecule has 3 aromatic rings. The molecule has 0 fully saturated rings. The number of hydrogen-bond donors (Lipinski definition) is 0. The van der Waals surface area contributed by atoms with E-state index in [2.05, 4.69) is 0 Å². The number of carbonyl (C=O) groups excluding carboxylic acids is 3. The highest BCUT2D eigenvalue weighted by atomic mass is 16.5. The van der Waals surface area contributed by atoms with Crippen molar-refractivity contribution in [2.24, 2.45) is 0 Å². The minimum absolute atomic E-state index is 0.214. The first-order valence-corrected chi connectivity index (χ1v) is 12.0. The smallest absolute Gasteiger partial charge is 0.262 e. The highest BCUT2D eigenvalue weighted by molar-refractivity contribution is 6.23. The summed E-state index contributed by atoms with van der Waals surface area (Å²) in [4.78, 5) is 44.3. The lowest BCUT2D eigenvalue weighted by molar-refractivity contribution is -0.123. The van der Waals surface area contributed by atoms with Gasteiger partial charge < -0.3 is 9.64 Å². The Kier molecular flexibility index (Phi) is 5.75. The molecule has 2 aliphatic rings. The van der Waals surface area contributed by atoms with Gasteiger partial charge in [-0.15, -0.1) is 0 Å². The van der Waals surface area contributed by atoms with Crippen molar-refractivity contribution in [3.05, 3.63) is 101 Å². The van der Waals surface area contributed by atoms with Crippen LogP contribution in [0.4, 0.5) is 5.69 Å². The Balaban J connectivity index is 1.63. The first kappa shape index (κ1) is 23.5. The van der Waals surface area contributed by atoms with Gasteiger partial charge in [-0.25, -0.2) is 0 Å². The van der Waals surface area contributed by atoms with Crippen LogP contribution in [0.3, 0.4) is 0 Å². The Labute approximate surface area is 210 Å². The zero-order valence-corrected chi connectivity index (χ0v) is 20.8. The largest absolute Gasteiger partial charge is 0.497 e. The monoisotopic (exact) mass is 480 g/mol. The molecule has 2 heterocycles. The molecule has 3 aromatic carbocycles. The summed E-state index contributed by atoms with van der Waals surface area (Å²) in [5.74, 6) is -0.508. The highest BCUT2D eigenvalue weighted by Gasteiger charge is 2.47. The molecule has 0 saturated heterocycles. The number of amides is 3. The molecule has 0 bridgehead atoms. The van der Waals surface area contributed by atoms with Gasteiger partial charge in [0, 0.05) is 12.0 Å². The van der Waals surface area contributed by atoms with Gasteiger partial charge in [0.05, 0.1) is 29.5 Å². The Hall–Kier alpha value is -4.19. The number of rotatable bonds is 5. The van der Waals surface area contributed by atoms with Crippen LogP contribution in [0.25, 0.3) is 5.57 Å². The lowest BCUT2D eigenvalue weighted by Gasteiger charge is -2.44. The molecule has 1 unspecified atom stereocenters. The number of nitrogens with zero attached hydrogens (tertiary/aromatic N) is 2. The van der Waals surface area contributed by atoms with E-state index in [1.165, 1.54) is 0 Å². The Morgan fingerprint density at radius 3 is 2.11 bits per heavy atom. The number of hydrogen-bond acceptors (Lipinski definition) is 4. The summed E-state index contributed by atoms with van der Waals surface area (Å²) in [6.07, 6.45) is 2.25. The topological polar surface area (TPSA) is 66.9 Å². The molecular weight excluding hydrogens is 452 g/mol. The second kappa shape index (κ2) is 8.79. The molecule has 1 atom stereocenters. The van der Waals surface area contributed by atoms with E-state index >= 15 is 0 Å². The van der Waals surface area contributed by atoms with Crippen molar-refractivity contribution >= 4 is 29.0 Å². The van der Waals surface area contributed by atoms with E-state index in [-0.39, 0.29) is 12.3 Å². The van der Waals surface area contributed by atoms with Crippen molar-refractivity contribution in [1.29, 1.82) is 0 Å². The van der Waals surface area contributed by atoms with Crippen LogP contribution in [0.15, 0.2) is 78.9 Å². The Bertz CT molecular complexity index is 1370. The molecule has 0 radical (unpaired) electrons. The van der Waals surface area contributed by atoms with Crippen LogP contribution in [0.2, 0.25) is 0 Å². The van der Waals surface area contributed by atoms with E-state index in [9.17, 15) is 14.4 Å². The van der Waals surface area contributed by atoms with Crippen LogP contribution >= 0.6 is 0 Å². The molecule has 36 heavy (non-hydrogen) atoms. The Morgan fingerprint density at radius 2 is 1.50 bits per heavy atom. The maximum atomic E-state index is 14.5. The van der Waals surface area contributed by atoms with Crippen molar-refractivity contribution in [2.45, 2.75) is 38.8 Å². The predicted octanol–water partition coefficient (Wildman–Crippen LogP) is 5.13. The lowest BCUT2D eigenvalue weighted by Crippen LogP contribution is -2.58. The van der Waals surface area contributed by atoms with Gasteiger partial charge in [-0.3, -0.25) is 19.3 Å². The zero-order chi connectivity index (χ0) is 25.6. The van der Waals surface area contributed by atoms with Crippen LogP contribution in [0.5, 0.6) is 5.75 Å². The molecule has 0 saturated carbocycles. The van der Waals surface area contributed by atoms with E-state index in [4.69, 9.17) is 4.74 Å². The molecule has 2 aliphatic heterocycles. The van der Waals surface area contributed by atoms with Gasteiger partial charge in [0.25, 0.3) is 17.7 Å². The molecule has 3 amide bonds. The Morgan fingerprint density at radius 1 is 0.889 bits per heavy atom. The minimum atomic E-state index is -1.01. The quantitative estimate of drug-likeness (QED) is 0.475. The van der Waals surface area contributed by atoms with Gasteiger partial charge in [-0.1, -0.05) is 48.5 Å². The van der Waals surface area contributed by atoms with Gasteiger partial charge in [0.2, 0.25) is 0 Å². The van der Waals surface area contributed by atoms with E-state index < -0.39 is 23.4 Å². The number of fused-ring (bicyclic) bond motifs is 2. The third kappa shape index (κ3) is 3.79. The fourth-order valence-electron chi connectivity index (χ4n) is 5.30. The summed E-state index contributed by atoms with van der Waals surface area (Å²) in [6, 6.07) is 20.8. The number of methoxy groups -OCH3 is 1. The van der Waals surface area contributed by atoms with Gasteiger partial charge in [-0.2, -0.15) is 0 Å². The van der Waals surface area contributed by atoms with Crippen molar-refractivity contribution in [2.75, 3.05) is 12.0 Å². The second-order valence-corrected chi connectivity index (χ2v) is 9.77. The summed E-state index contributed by atoms with van der Waals surface area (Å²) in [7, 11) is 1.61. The standard InChI is InChI=1S/C30H28N2O4/c1-19-18-30(2,3)32(25-15-14-21(36-4)17-24(19)25)29(35)26(16-20-10-6-5-7-11-20)31-27(33)22-12-8-9-13-23(22)28(31)34/h5-15,17-18,26H,16H2,1-4H3. The number of ether oxygens (including phenoxy) is 1. The van der Waals surface area contributed by atoms with Gasteiger partial charge in [0.1, 0.15) is 11.8 Å². The molecule has 0 spiro atoms. The normalized spacial score (nSPS) is 16.8. The molecule has 6 heteroatoms. The van der Waals surface area contributed by atoms with Crippen LogP contribution in [-0.2, 0) is 11.2 Å². The van der Waals surface area contributed by atoms with Crippen LogP contribution < -0.4 is 9.64 Å². The van der Waals surface area contributed by atoms with E-state index in [0.29, 0.717) is 16.9 Å². The summed E-state index contributed by atoms with van der Waals surface area (Å²) < 4.78 is 5.42. The number of carbonyl (C=O) groups is 3. The number of anilines is 1. The van der Waals surface area contributed by atoms with Crippen LogP contribution in [0.1, 0.15) is 52.6 Å². The third-order valence-electron chi connectivity index (χ3n) is 6.93.